The number of carbonyl (C=O) groups excluding carboxylic acids is 2. The van der Waals surface area contributed by atoms with E-state index >= 15 is 0 Å². The summed E-state index contributed by atoms with van der Waals surface area (Å²) in [5, 5.41) is 20.8. The van der Waals surface area contributed by atoms with Crippen LogP contribution in [0.1, 0.15) is 56.4 Å². The van der Waals surface area contributed by atoms with Crippen molar-refractivity contribution in [2.24, 2.45) is 0 Å². The summed E-state index contributed by atoms with van der Waals surface area (Å²) in [6.07, 6.45) is 0.834. The van der Waals surface area contributed by atoms with Crippen molar-refractivity contribution in [2.75, 3.05) is 11.5 Å². The Kier molecular flexibility index (Phi) is 8.34. The summed E-state index contributed by atoms with van der Waals surface area (Å²) in [4.78, 5) is 33.5. The largest absolute Gasteiger partial charge is 0.503 e. The number of hydrogen-bond acceptors (Lipinski definition) is 10. The molecule has 0 fully saturated rings. The molecule has 2 aromatic heterocycles. The number of Topliss-reactive ketones (excluding diaryl/α,β-unsaturated/α-hetero) is 1. The SMILES string of the molecule is CCCOc1cccc(C2C(C(=O)c3sc(C)nc3C)=C(O)C(=O)N2c2nnc(SCc3ccc(C)cc3)s2)c1. The van der Waals surface area contributed by atoms with E-state index in [4.69, 9.17) is 4.74 Å². The Morgan fingerprint density at radius 2 is 1.88 bits per heavy atom. The fourth-order valence-electron chi connectivity index (χ4n) is 4.40. The molecule has 1 aliphatic heterocycles. The third kappa shape index (κ3) is 5.67. The van der Waals surface area contributed by atoms with Crippen LogP contribution in [-0.2, 0) is 10.5 Å². The molecule has 3 heterocycles. The van der Waals surface area contributed by atoms with Crippen LogP contribution in [0.25, 0.3) is 0 Å². The summed E-state index contributed by atoms with van der Waals surface area (Å²) in [5.74, 6) is -0.413. The van der Waals surface area contributed by atoms with E-state index in [1.807, 2.05) is 39.0 Å². The number of nitrogens with zero attached hydrogens (tertiary/aromatic N) is 4. The predicted octanol–water partition coefficient (Wildman–Crippen LogP) is 6.78. The molecule has 206 valence electrons. The highest BCUT2D eigenvalue weighted by Crippen LogP contribution is 2.45. The molecule has 1 amide bonds. The molecular weight excluding hydrogens is 565 g/mol. The van der Waals surface area contributed by atoms with Gasteiger partial charge in [-0.05, 0) is 50.5 Å². The van der Waals surface area contributed by atoms with Gasteiger partial charge in [0.05, 0.1) is 33.8 Å². The molecule has 1 aliphatic rings. The van der Waals surface area contributed by atoms with E-state index in [-0.39, 0.29) is 5.57 Å². The number of hydrogen-bond donors (Lipinski definition) is 1. The van der Waals surface area contributed by atoms with Gasteiger partial charge in [0, 0.05) is 5.75 Å². The molecule has 5 rings (SSSR count). The van der Waals surface area contributed by atoms with Crippen molar-refractivity contribution in [1.29, 1.82) is 0 Å². The van der Waals surface area contributed by atoms with Crippen LogP contribution in [0.4, 0.5) is 5.13 Å². The van der Waals surface area contributed by atoms with Gasteiger partial charge >= 0.3 is 0 Å². The average molecular weight is 593 g/mol. The number of aryl methyl sites for hydroxylation is 3. The first-order valence-electron chi connectivity index (χ1n) is 12.8. The van der Waals surface area contributed by atoms with Crippen LogP contribution in [0, 0.1) is 20.8 Å². The number of thiazole rings is 1. The molecule has 0 spiro atoms. The van der Waals surface area contributed by atoms with Gasteiger partial charge in [-0.3, -0.25) is 14.5 Å². The molecule has 1 N–H and O–H groups in total. The summed E-state index contributed by atoms with van der Waals surface area (Å²) in [7, 11) is 0. The summed E-state index contributed by atoms with van der Waals surface area (Å²) in [6, 6.07) is 14.6. The van der Waals surface area contributed by atoms with Crippen molar-refractivity contribution >= 4 is 51.3 Å². The summed E-state index contributed by atoms with van der Waals surface area (Å²) < 4.78 is 6.51. The van der Waals surface area contributed by atoms with E-state index in [0.717, 1.165) is 17.0 Å². The van der Waals surface area contributed by atoms with Gasteiger partial charge in [0.25, 0.3) is 5.91 Å². The molecule has 0 aliphatic carbocycles. The molecule has 4 aromatic rings. The quantitative estimate of drug-likeness (QED) is 0.122. The number of rotatable bonds is 10. The number of anilines is 1. The second-order valence-corrected chi connectivity index (χ2v) is 12.7. The van der Waals surface area contributed by atoms with E-state index in [0.29, 0.717) is 43.7 Å². The third-order valence-electron chi connectivity index (χ3n) is 6.29. The van der Waals surface area contributed by atoms with Crippen LogP contribution in [0.15, 0.2) is 64.2 Å². The molecule has 0 radical (unpaired) electrons. The zero-order valence-electron chi connectivity index (χ0n) is 22.5. The molecule has 40 heavy (non-hydrogen) atoms. The topological polar surface area (TPSA) is 106 Å². The molecule has 1 atom stereocenters. The van der Waals surface area contributed by atoms with Crippen molar-refractivity contribution in [2.45, 2.75) is 50.3 Å². The standard InChI is InChI=1S/C29H28N4O4S3/c1-5-13-37-21-8-6-7-20(14-21)23-22(24(34)26-17(3)30-18(4)39-26)25(35)27(36)33(23)28-31-32-29(40-28)38-15-19-11-9-16(2)10-12-19/h6-12,14,23,35H,5,13,15H2,1-4H3. The fraction of sp³-hybridized carbons (Fsp3) is 0.276. The van der Waals surface area contributed by atoms with Crippen LogP contribution in [0.5, 0.6) is 5.75 Å². The van der Waals surface area contributed by atoms with Gasteiger partial charge in [0.1, 0.15) is 5.75 Å². The molecule has 0 saturated carbocycles. The molecule has 11 heteroatoms. The Morgan fingerprint density at radius 1 is 1.10 bits per heavy atom. The average Bonchev–Trinajstić information content (AvgIpc) is 3.62. The second-order valence-electron chi connectivity index (χ2n) is 9.36. The Morgan fingerprint density at radius 3 is 2.58 bits per heavy atom. The van der Waals surface area contributed by atoms with Crippen LogP contribution in [0.3, 0.4) is 0 Å². The van der Waals surface area contributed by atoms with Crippen molar-refractivity contribution in [1.82, 2.24) is 15.2 Å². The van der Waals surface area contributed by atoms with Gasteiger partial charge in [-0.1, -0.05) is 72.0 Å². The van der Waals surface area contributed by atoms with Gasteiger partial charge in [-0.15, -0.1) is 21.5 Å². The maximum absolute atomic E-state index is 13.8. The first kappa shape index (κ1) is 28.0. The van der Waals surface area contributed by atoms with Gasteiger partial charge in [0.15, 0.2) is 10.1 Å². The number of thioether (sulfide) groups is 1. The number of amides is 1. The molecule has 8 nitrogen and oxygen atoms in total. The highest BCUT2D eigenvalue weighted by molar-refractivity contribution is 8.00. The van der Waals surface area contributed by atoms with E-state index in [1.54, 1.807) is 13.0 Å². The lowest BCUT2D eigenvalue weighted by Gasteiger charge is -2.24. The van der Waals surface area contributed by atoms with Crippen molar-refractivity contribution < 1.29 is 19.4 Å². The summed E-state index contributed by atoms with van der Waals surface area (Å²) in [6.45, 7) is 8.16. The van der Waals surface area contributed by atoms with Gasteiger partial charge in [0.2, 0.25) is 10.9 Å². The minimum absolute atomic E-state index is 0.00606. The molecule has 0 bridgehead atoms. The van der Waals surface area contributed by atoms with Crippen LogP contribution in [-0.4, -0.2) is 38.6 Å². The Hall–Kier alpha value is -3.54. The number of ether oxygens (including phenoxy) is 1. The maximum atomic E-state index is 13.8. The molecular formula is C29H28N4O4S3. The first-order valence-corrected chi connectivity index (χ1v) is 15.4. The van der Waals surface area contributed by atoms with Gasteiger partial charge in [-0.2, -0.15) is 0 Å². The minimum atomic E-state index is -0.908. The van der Waals surface area contributed by atoms with Crippen LogP contribution < -0.4 is 9.64 Å². The molecule has 0 saturated heterocycles. The van der Waals surface area contributed by atoms with Gasteiger partial charge < -0.3 is 9.84 Å². The number of ketones is 1. The molecule has 1 unspecified atom stereocenters. The predicted molar refractivity (Wildman–Crippen MR) is 159 cm³/mol. The summed E-state index contributed by atoms with van der Waals surface area (Å²) >= 11 is 4.00. The Labute approximate surface area is 244 Å². The zero-order valence-corrected chi connectivity index (χ0v) is 25.0. The molecule has 2 aromatic carbocycles. The lowest BCUT2D eigenvalue weighted by Crippen LogP contribution is -2.31. The number of aliphatic hydroxyl groups excluding tert-OH is 1. The minimum Gasteiger partial charge on any atom is -0.503 e. The van der Waals surface area contributed by atoms with Crippen molar-refractivity contribution in [3.8, 4) is 5.75 Å². The number of benzene rings is 2. The second kappa shape index (κ2) is 11.9. The first-order chi connectivity index (χ1) is 19.3. The van der Waals surface area contributed by atoms with Crippen LogP contribution >= 0.6 is 34.4 Å². The lowest BCUT2D eigenvalue weighted by atomic mass is 9.95. The monoisotopic (exact) mass is 592 g/mol. The smallest absolute Gasteiger partial charge is 0.296 e. The third-order valence-corrected chi connectivity index (χ3v) is 9.49. The Balaban J connectivity index is 1.51. The maximum Gasteiger partial charge on any atom is 0.296 e. The normalized spacial score (nSPS) is 15.2. The highest BCUT2D eigenvalue weighted by atomic mass is 32.2. The highest BCUT2D eigenvalue weighted by Gasteiger charge is 2.46. The Bertz CT molecular complexity index is 1590. The van der Waals surface area contributed by atoms with E-state index < -0.39 is 23.5 Å². The van der Waals surface area contributed by atoms with E-state index in [9.17, 15) is 14.7 Å². The van der Waals surface area contributed by atoms with Gasteiger partial charge in [-0.25, -0.2) is 4.98 Å². The summed E-state index contributed by atoms with van der Waals surface area (Å²) in [5.41, 5.74) is 3.51. The lowest BCUT2D eigenvalue weighted by molar-refractivity contribution is -0.117. The zero-order chi connectivity index (χ0) is 28.4. The number of aliphatic hydroxyl groups is 1. The van der Waals surface area contributed by atoms with Crippen molar-refractivity contribution in [3.63, 3.8) is 0 Å². The number of carbonyl (C=O) groups is 2. The number of aromatic nitrogens is 3. The van der Waals surface area contributed by atoms with E-state index in [2.05, 4.69) is 39.4 Å². The fourth-order valence-corrected chi connectivity index (χ4v) is 7.09. The van der Waals surface area contributed by atoms with E-state index in [1.165, 1.54) is 44.9 Å². The van der Waals surface area contributed by atoms with Crippen LogP contribution in [0.2, 0.25) is 0 Å². The van der Waals surface area contributed by atoms with Crippen molar-refractivity contribution in [3.05, 3.63) is 92.1 Å².